The van der Waals surface area contributed by atoms with Crippen molar-refractivity contribution in [1.82, 2.24) is 15.0 Å². The second-order valence-electron chi connectivity index (χ2n) is 3.95. The summed E-state index contributed by atoms with van der Waals surface area (Å²) < 4.78 is 4.83. The highest BCUT2D eigenvalue weighted by Crippen LogP contribution is 2.11. The molecule has 0 aliphatic heterocycles. The molecule has 0 bridgehead atoms. The maximum absolute atomic E-state index is 9.47. The van der Waals surface area contributed by atoms with Crippen molar-refractivity contribution in [1.29, 1.82) is 0 Å². The minimum Gasteiger partial charge on any atom is -0.391 e. The van der Waals surface area contributed by atoms with Crippen molar-refractivity contribution in [3.63, 3.8) is 0 Å². The van der Waals surface area contributed by atoms with Crippen LogP contribution in [0.5, 0.6) is 0 Å². The van der Waals surface area contributed by atoms with E-state index in [1.165, 1.54) is 0 Å². The van der Waals surface area contributed by atoms with Crippen LogP contribution >= 0.6 is 11.6 Å². The molecule has 18 heavy (non-hydrogen) atoms. The molecule has 8 heteroatoms. The van der Waals surface area contributed by atoms with Gasteiger partial charge < -0.3 is 20.1 Å². The van der Waals surface area contributed by atoms with Crippen molar-refractivity contribution >= 4 is 23.5 Å². The standard InChI is InChI=1S/C10H18ClN5O2/c1-16(2)10-14-8(11)13-9(15-10)12-5-4-7(17)6-18-3/h7,17H,4-6H2,1-3H3,(H,12,13,14,15). The Balaban J connectivity index is 2.51. The average Bonchev–Trinajstić information content (AvgIpc) is 2.28. The van der Waals surface area contributed by atoms with Crippen LogP contribution in [0, 0.1) is 0 Å². The third-order valence-corrected chi connectivity index (χ3v) is 2.29. The lowest BCUT2D eigenvalue weighted by Crippen LogP contribution is -2.20. The number of rotatable bonds is 7. The van der Waals surface area contributed by atoms with E-state index in [9.17, 15) is 5.11 Å². The Hall–Kier alpha value is -1.18. The number of halogens is 1. The van der Waals surface area contributed by atoms with Crippen LogP contribution in [0.15, 0.2) is 0 Å². The van der Waals surface area contributed by atoms with Gasteiger partial charge in [0.15, 0.2) is 0 Å². The van der Waals surface area contributed by atoms with E-state index in [2.05, 4.69) is 20.3 Å². The molecule has 0 aliphatic rings. The largest absolute Gasteiger partial charge is 0.391 e. The molecule has 2 N–H and O–H groups in total. The number of hydrogen-bond donors (Lipinski definition) is 2. The smallest absolute Gasteiger partial charge is 0.230 e. The lowest BCUT2D eigenvalue weighted by atomic mass is 10.3. The third kappa shape index (κ3) is 4.99. The van der Waals surface area contributed by atoms with Crippen molar-refractivity contribution in [2.45, 2.75) is 12.5 Å². The Morgan fingerprint density at radius 1 is 1.39 bits per heavy atom. The molecule has 0 radical (unpaired) electrons. The van der Waals surface area contributed by atoms with Gasteiger partial charge in [0.2, 0.25) is 17.2 Å². The number of nitrogens with one attached hydrogen (secondary N) is 1. The zero-order valence-electron chi connectivity index (χ0n) is 10.7. The molecule has 0 saturated heterocycles. The summed E-state index contributed by atoms with van der Waals surface area (Å²) in [5.41, 5.74) is 0. The fraction of sp³-hybridized carbons (Fsp3) is 0.700. The van der Waals surface area contributed by atoms with E-state index < -0.39 is 6.10 Å². The molecule has 1 unspecified atom stereocenters. The summed E-state index contributed by atoms with van der Waals surface area (Å²) in [5.74, 6) is 0.873. The van der Waals surface area contributed by atoms with Crippen molar-refractivity contribution in [3.8, 4) is 0 Å². The Labute approximate surface area is 111 Å². The first kappa shape index (κ1) is 14.9. The number of aliphatic hydroxyl groups is 1. The van der Waals surface area contributed by atoms with Crippen LogP contribution in [0.25, 0.3) is 0 Å². The van der Waals surface area contributed by atoms with Crippen molar-refractivity contribution in [3.05, 3.63) is 5.28 Å². The second kappa shape index (κ2) is 7.30. The molecule has 0 amide bonds. The molecule has 1 aromatic heterocycles. The van der Waals surface area contributed by atoms with E-state index in [0.717, 1.165) is 0 Å². The monoisotopic (exact) mass is 275 g/mol. The lowest BCUT2D eigenvalue weighted by Gasteiger charge is -2.13. The third-order valence-electron chi connectivity index (χ3n) is 2.12. The summed E-state index contributed by atoms with van der Waals surface area (Å²) >= 11 is 5.79. The van der Waals surface area contributed by atoms with Crippen molar-refractivity contribution in [2.24, 2.45) is 0 Å². The van der Waals surface area contributed by atoms with Gasteiger partial charge in [-0.25, -0.2) is 0 Å². The molecule has 0 aliphatic carbocycles. The van der Waals surface area contributed by atoms with Crippen LogP contribution in [0.3, 0.4) is 0 Å². The summed E-state index contributed by atoms with van der Waals surface area (Å²) in [4.78, 5) is 13.8. The molecular weight excluding hydrogens is 258 g/mol. The average molecular weight is 276 g/mol. The van der Waals surface area contributed by atoms with Crippen LogP contribution in [-0.2, 0) is 4.74 Å². The zero-order valence-corrected chi connectivity index (χ0v) is 11.5. The molecule has 0 aromatic carbocycles. The lowest BCUT2D eigenvalue weighted by molar-refractivity contribution is 0.0615. The summed E-state index contributed by atoms with van der Waals surface area (Å²) in [6, 6.07) is 0. The summed E-state index contributed by atoms with van der Waals surface area (Å²) in [7, 11) is 5.18. The number of anilines is 2. The summed E-state index contributed by atoms with van der Waals surface area (Å²) in [6.45, 7) is 0.834. The van der Waals surface area contributed by atoms with Crippen LogP contribution in [0.2, 0.25) is 5.28 Å². The number of aliphatic hydroxyl groups excluding tert-OH is 1. The zero-order chi connectivity index (χ0) is 13.5. The molecule has 0 saturated carbocycles. The predicted molar refractivity (Wildman–Crippen MR) is 70.2 cm³/mol. The molecular formula is C10H18ClN5O2. The predicted octanol–water partition coefficient (Wildman–Crippen LogP) is 0.400. The van der Waals surface area contributed by atoms with Gasteiger partial charge >= 0.3 is 0 Å². The van der Waals surface area contributed by atoms with E-state index in [1.54, 1.807) is 12.0 Å². The molecule has 102 valence electrons. The molecule has 7 nitrogen and oxygen atoms in total. The van der Waals surface area contributed by atoms with Gasteiger partial charge in [-0.1, -0.05) is 0 Å². The normalized spacial score (nSPS) is 12.3. The molecule has 1 heterocycles. The highest BCUT2D eigenvalue weighted by Gasteiger charge is 2.07. The number of aromatic nitrogens is 3. The highest BCUT2D eigenvalue weighted by atomic mass is 35.5. The van der Waals surface area contributed by atoms with E-state index in [4.69, 9.17) is 16.3 Å². The number of methoxy groups -OCH3 is 1. The van der Waals surface area contributed by atoms with Gasteiger partial charge in [0.25, 0.3) is 0 Å². The van der Waals surface area contributed by atoms with Gasteiger partial charge in [-0.15, -0.1) is 0 Å². The Kier molecular flexibility index (Phi) is 6.03. The fourth-order valence-corrected chi connectivity index (χ4v) is 1.40. The van der Waals surface area contributed by atoms with Gasteiger partial charge in [-0.3, -0.25) is 0 Å². The van der Waals surface area contributed by atoms with E-state index >= 15 is 0 Å². The molecule has 1 rings (SSSR count). The maximum Gasteiger partial charge on any atom is 0.230 e. The van der Waals surface area contributed by atoms with Crippen molar-refractivity contribution in [2.75, 3.05) is 44.6 Å². The first-order chi connectivity index (χ1) is 8.52. The van der Waals surface area contributed by atoms with Crippen molar-refractivity contribution < 1.29 is 9.84 Å². The second-order valence-corrected chi connectivity index (χ2v) is 4.29. The first-order valence-corrected chi connectivity index (χ1v) is 5.90. The Morgan fingerprint density at radius 3 is 2.72 bits per heavy atom. The van der Waals surface area contributed by atoms with Gasteiger partial charge in [0.1, 0.15) is 0 Å². The molecule has 0 fully saturated rings. The van der Waals surface area contributed by atoms with Gasteiger partial charge in [0.05, 0.1) is 12.7 Å². The Bertz CT molecular complexity index is 377. The SMILES string of the molecule is COCC(O)CCNc1nc(Cl)nc(N(C)C)n1. The van der Waals surface area contributed by atoms with Crippen LogP contribution in [0.1, 0.15) is 6.42 Å². The molecule has 1 atom stereocenters. The van der Waals surface area contributed by atoms with E-state index in [1.807, 2.05) is 14.1 Å². The van der Waals surface area contributed by atoms with Crippen LogP contribution in [-0.4, -0.2) is 60.5 Å². The Morgan fingerprint density at radius 2 is 2.11 bits per heavy atom. The van der Waals surface area contributed by atoms with Crippen LogP contribution in [0.4, 0.5) is 11.9 Å². The number of hydrogen-bond acceptors (Lipinski definition) is 7. The van der Waals surface area contributed by atoms with Gasteiger partial charge in [-0.2, -0.15) is 15.0 Å². The van der Waals surface area contributed by atoms with E-state index in [0.29, 0.717) is 31.5 Å². The number of ether oxygens (including phenoxy) is 1. The minimum atomic E-state index is -0.506. The molecule has 1 aromatic rings. The first-order valence-electron chi connectivity index (χ1n) is 5.52. The van der Waals surface area contributed by atoms with Crippen LogP contribution < -0.4 is 10.2 Å². The minimum absolute atomic E-state index is 0.133. The van der Waals surface area contributed by atoms with Gasteiger partial charge in [0, 0.05) is 27.7 Å². The summed E-state index contributed by atoms with van der Waals surface area (Å²) in [5, 5.41) is 12.6. The summed E-state index contributed by atoms with van der Waals surface area (Å²) in [6.07, 6.45) is 0.0298. The maximum atomic E-state index is 9.47. The highest BCUT2D eigenvalue weighted by molar-refractivity contribution is 6.28. The quantitative estimate of drug-likeness (QED) is 0.745. The fourth-order valence-electron chi connectivity index (χ4n) is 1.24. The van der Waals surface area contributed by atoms with Gasteiger partial charge in [-0.05, 0) is 18.0 Å². The topological polar surface area (TPSA) is 83.4 Å². The molecule has 0 spiro atoms. The number of nitrogens with zero attached hydrogens (tertiary/aromatic N) is 4. The van der Waals surface area contributed by atoms with E-state index in [-0.39, 0.29) is 5.28 Å².